The Bertz CT molecular complexity index is 131. The number of allylic oxidation sites excluding steroid dienone is 2. The predicted octanol–water partition coefficient (Wildman–Crippen LogP) is 3.33. The summed E-state index contributed by atoms with van der Waals surface area (Å²) in [5.74, 6) is 0. The van der Waals surface area contributed by atoms with Crippen LogP contribution in [0, 0.1) is 5.41 Å². The molecule has 0 aliphatic heterocycles. The lowest BCUT2D eigenvalue weighted by Gasteiger charge is -1.97. The first-order chi connectivity index (χ1) is 5.55. The monoisotopic (exact) mass is 172 g/mol. The van der Waals surface area contributed by atoms with Crippen LogP contribution in [0.5, 0.6) is 0 Å². The minimum absolute atomic E-state index is 0.546. The van der Waals surface area contributed by atoms with Gasteiger partial charge in [0.25, 0.3) is 0 Å². The van der Waals surface area contributed by atoms with Crippen LogP contribution in [-0.4, -0.2) is 5.71 Å². The van der Waals surface area contributed by atoms with E-state index in [4.69, 9.17) is 11.1 Å². The molecule has 3 N–H and O–H groups in total. The SMILES string of the molecule is CC.CC.CC(=N)/C(C)=C(\C)N. The van der Waals surface area contributed by atoms with Gasteiger partial charge in [0.2, 0.25) is 0 Å². The summed E-state index contributed by atoms with van der Waals surface area (Å²) < 4.78 is 0. The van der Waals surface area contributed by atoms with Crippen molar-refractivity contribution < 1.29 is 0 Å². The van der Waals surface area contributed by atoms with Crippen molar-refractivity contribution in [3.05, 3.63) is 11.3 Å². The van der Waals surface area contributed by atoms with E-state index in [0.717, 1.165) is 11.3 Å². The zero-order valence-corrected chi connectivity index (χ0v) is 9.58. The van der Waals surface area contributed by atoms with Crippen LogP contribution in [-0.2, 0) is 0 Å². The van der Waals surface area contributed by atoms with Crippen molar-refractivity contribution in [2.24, 2.45) is 5.73 Å². The van der Waals surface area contributed by atoms with Crippen LogP contribution in [0.25, 0.3) is 0 Å². The number of nitrogens with one attached hydrogen (secondary N) is 1. The van der Waals surface area contributed by atoms with E-state index < -0.39 is 0 Å². The Balaban J connectivity index is -0.000000175. The molecule has 12 heavy (non-hydrogen) atoms. The Morgan fingerprint density at radius 1 is 0.917 bits per heavy atom. The molecule has 0 saturated carbocycles. The number of hydrogen-bond acceptors (Lipinski definition) is 2. The van der Waals surface area contributed by atoms with Crippen molar-refractivity contribution in [3.8, 4) is 0 Å². The molecule has 2 nitrogen and oxygen atoms in total. The summed E-state index contributed by atoms with van der Waals surface area (Å²) in [5, 5.41) is 7.09. The molecule has 0 atom stereocenters. The smallest absolute Gasteiger partial charge is 0.0329 e. The third-order valence-electron chi connectivity index (χ3n) is 1.15. The summed E-state index contributed by atoms with van der Waals surface area (Å²) in [4.78, 5) is 0. The van der Waals surface area contributed by atoms with Crippen LogP contribution >= 0.6 is 0 Å². The number of rotatable bonds is 1. The van der Waals surface area contributed by atoms with Crippen molar-refractivity contribution in [2.45, 2.75) is 48.5 Å². The fourth-order valence-corrected chi connectivity index (χ4v) is 0.296. The highest BCUT2D eigenvalue weighted by Crippen LogP contribution is 1.96. The van der Waals surface area contributed by atoms with Crippen molar-refractivity contribution in [1.82, 2.24) is 0 Å². The summed E-state index contributed by atoms with van der Waals surface area (Å²) in [6.07, 6.45) is 0. The number of hydrogen-bond donors (Lipinski definition) is 2. The molecule has 0 unspecified atom stereocenters. The molecule has 2 heteroatoms. The molecule has 0 bridgehead atoms. The standard InChI is InChI=1S/C6H12N2.2C2H6/c1-4(5(2)7)6(3)8;2*1-2/h7H,8H2,1-3H3;2*1-2H3/b6-4+,7-5?;;. The molecule has 0 heterocycles. The first-order valence-electron chi connectivity index (χ1n) is 4.54. The molecule has 0 aliphatic rings. The van der Waals surface area contributed by atoms with Crippen LogP contribution in [0.1, 0.15) is 48.5 Å². The maximum Gasteiger partial charge on any atom is 0.0329 e. The van der Waals surface area contributed by atoms with Gasteiger partial charge in [-0.1, -0.05) is 27.7 Å². The molecule has 0 saturated heterocycles. The lowest BCUT2D eigenvalue weighted by Crippen LogP contribution is -2.01. The summed E-state index contributed by atoms with van der Waals surface area (Å²) in [6.45, 7) is 13.4. The van der Waals surface area contributed by atoms with Gasteiger partial charge in [0.1, 0.15) is 0 Å². The Morgan fingerprint density at radius 3 is 1.17 bits per heavy atom. The molecule has 0 aromatic carbocycles. The molecule has 0 aromatic heterocycles. The first kappa shape index (κ1) is 17.3. The van der Waals surface area contributed by atoms with E-state index in [1.807, 2.05) is 34.6 Å². The minimum atomic E-state index is 0.546. The van der Waals surface area contributed by atoms with Crippen LogP contribution in [0.15, 0.2) is 11.3 Å². The Morgan fingerprint density at radius 2 is 1.17 bits per heavy atom. The zero-order valence-electron chi connectivity index (χ0n) is 9.58. The molecule has 0 aromatic rings. The second kappa shape index (κ2) is 12.8. The predicted molar refractivity (Wildman–Crippen MR) is 58.7 cm³/mol. The molecular formula is C10H24N2. The zero-order chi connectivity index (χ0) is 10.7. The second-order valence-electron chi connectivity index (χ2n) is 1.93. The van der Waals surface area contributed by atoms with Gasteiger partial charge in [0.15, 0.2) is 0 Å². The van der Waals surface area contributed by atoms with E-state index in [0.29, 0.717) is 5.71 Å². The van der Waals surface area contributed by atoms with Gasteiger partial charge in [-0.05, 0) is 26.3 Å². The van der Waals surface area contributed by atoms with Crippen molar-refractivity contribution >= 4 is 5.71 Å². The quantitative estimate of drug-likeness (QED) is 0.586. The van der Waals surface area contributed by atoms with Crippen LogP contribution in [0.4, 0.5) is 0 Å². The molecular weight excluding hydrogens is 148 g/mol. The highest BCUT2D eigenvalue weighted by Gasteiger charge is 1.91. The highest BCUT2D eigenvalue weighted by atomic mass is 14.6. The van der Waals surface area contributed by atoms with Gasteiger partial charge >= 0.3 is 0 Å². The average Bonchev–Trinajstić information content (AvgIpc) is 2.10. The molecule has 0 radical (unpaired) electrons. The van der Waals surface area contributed by atoms with Gasteiger partial charge in [0, 0.05) is 11.4 Å². The van der Waals surface area contributed by atoms with Gasteiger partial charge in [0.05, 0.1) is 0 Å². The second-order valence-corrected chi connectivity index (χ2v) is 1.93. The average molecular weight is 172 g/mol. The molecule has 0 aliphatic carbocycles. The molecule has 74 valence electrons. The fraction of sp³-hybridized carbons (Fsp3) is 0.700. The Hall–Kier alpha value is -0.790. The Labute approximate surface area is 77.4 Å². The maximum absolute atomic E-state index is 7.09. The van der Waals surface area contributed by atoms with Gasteiger partial charge in [-0.25, -0.2) is 0 Å². The lowest BCUT2D eigenvalue weighted by molar-refractivity contribution is 1.24. The fourth-order valence-electron chi connectivity index (χ4n) is 0.296. The molecule has 0 amide bonds. The van der Waals surface area contributed by atoms with Gasteiger partial charge in [-0.3, -0.25) is 0 Å². The van der Waals surface area contributed by atoms with E-state index in [9.17, 15) is 0 Å². The third kappa shape index (κ3) is 11.9. The van der Waals surface area contributed by atoms with Crippen LogP contribution in [0.3, 0.4) is 0 Å². The normalized spacial score (nSPS) is 9.58. The summed E-state index contributed by atoms with van der Waals surface area (Å²) in [6, 6.07) is 0. The van der Waals surface area contributed by atoms with E-state index in [1.54, 1.807) is 13.8 Å². The molecule has 0 rings (SSSR count). The Kier molecular flexibility index (Phi) is 18.6. The third-order valence-corrected chi connectivity index (χ3v) is 1.15. The topological polar surface area (TPSA) is 49.9 Å². The maximum atomic E-state index is 7.09. The minimum Gasteiger partial charge on any atom is -0.402 e. The van der Waals surface area contributed by atoms with Crippen LogP contribution < -0.4 is 5.73 Å². The van der Waals surface area contributed by atoms with Gasteiger partial charge in [-0.2, -0.15) is 0 Å². The number of nitrogens with two attached hydrogens (primary N) is 1. The molecule has 0 fully saturated rings. The van der Waals surface area contributed by atoms with Gasteiger partial charge < -0.3 is 11.1 Å². The van der Waals surface area contributed by atoms with E-state index >= 15 is 0 Å². The van der Waals surface area contributed by atoms with Crippen molar-refractivity contribution in [2.75, 3.05) is 0 Å². The largest absolute Gasteiger partial charge is 0.402 e. The summed E-state index contributed by atoms with van der Waals surface area (Å²) in [5.41, 5.74) is 7.54. The van der Waals surface area contributed by atoms with Crippen molar-refractivity contribution in [3.63, 3.8) is 0 Å². The van der Waals surface area contributed by atoms with Gasteiger partial charge in [-0.15, -0.1) is 0 Å². The van der Waals surface area contributed by atoms with Crippen molar-refractivity contribution in [1.29, 1.82) is 5.41 Å². The first-order valence-corrected chi connectivity index (χ1v) is 4.54. The highest BCUT2D eigenvalue weighted by molar-refractivity contribution is 5.95. The lowest BCUT2D eigenvalue weighted by atomic mass is 10.2. The van der Waals surface area contributed by atoms with Crippen LogP contribution in [0.2, 0.25) is 0 Å². The summed E-state index contributed by atoms with van der Waals surface area (Å²) >= 11 is 0. The van der Waals surface area contributed by atoms with E-state index in [1.165, 1.54) is 0 Å². The molecule has 0 spiro atoms. The van der Waals surface area contributed by atoms with E-state index in [-0.39, 0.29) is 0 Å². The van der Waals surface area contributed by atoms with E-state index in [2.05, 4.69) is 0 Å². The summed E-state index contributed by atoms with van der Waals surface area (Å²) in [7, 11) is 0.